The first-order valence-electron chi connectivity index (χ1n) is 6.80. The van der Waals surface area contributed by atoms with Gasteiger partial charge in [0.2, 0.25) is 0 Å². The highest BCUT2D eigenvalue weighted by molar-refractivity contribution is 6.35. The molecule has 2 aromatic rings. The monoisotopic (exact) mass is 275 g/mol. The summed E-state index contributed by atoms with van der Waals surface area (Å²) in [5.74, 6) is 0.390. The van der Waals surface area contributed by atoms with Gasteiger partial charge in [-0.1, -0.05) is 44.0 Å². The maximum Gasteiger partial charge on any atom is 0.168 e. The van der Waals surface area contributed by atoms with E-state index in [1.807, 2.05) is 24.4 Å². The molecule has 1 saturated carbocycles. The lowest BCUT2D eigenvalue weighted by atomic mass is 9.78. The normalized spacial score (nSPS) is 21.9. The first kappa shape index (κ1) is 12.7. The minimum Gasteiger partial charge on any atom is -0.359 e. The van der Waals surface area contributed by atoms with Crippen LogP contribution in [0.4, 0.5) is 0 Å². The van der Waals surface area contributed by atoms with Crippen LogP contribution in [0.2, 0.25) is 5.02 Å². The van der Waals surface area contributed by atoms with Crippen molar-refractivity contribution in [2.45, 2.75) is 33.1 Å². The molecule has 0 amide bonds. The Morgan fingerprint density at radius 2 is 2.21 bits per heavy atom. The Morgan fingerprint density at radius 1 is 1.42 bits per heavy atom. The summed E-state index contributed by atoms with van der Waals surface area (Å²) < 4.78 is 0. The molecule has 1 N–H and O–H groups in total. The molecule has 100 valence electrons. The lowest BCUT2D eigenvalue weighted by molar-refractivity contribution is 0.0841. The smallest absolute Gasteiger partial charge is 0.168 e. The molecule has 1 heterocycles. The number of hydrogen-bond donors (Lipinski definition) is 1. The van der Waals surface area contributed by atoms with E-state index in [4.69, 9.17) is 11.6 Å². The number of para-hydroxylation sites is 1. The van der Waals surface area contributed by atoms with Crippen LogP contribution in [0.3, 0.4) is 0 Å². The van der Waals surface area contributed by atoms with Crippen LogP contribution in [0.15, 0.2) is 24.4 Å². The van der Waals surface area contributed by atoms with E-state index in [9.17, 15) is 4.79 Å². The van der Waals surface area contributed by atoms with Crippen molar-refractivity contribution in [1.29, 1.82) is 0 Å². The summed E-state index contributed by atoms with van der Waals surface area (Å²) >= 11 is 6.15. The average molecular weight is 276 g/mol. The highest BCUT2D eigenvalue weighted by atomic mass is 35.5. The minimum atomic E-state index is 0.110. The summed E-state index contributed by atoms with van der Waals surface area (Å²) in [4.78, 5) is 15.9. The number of carbonyl (C=O) groups excluding carboxylic acids is 1. The Balaban J connectivity index is 2.05. The molecule has 1 aliphatic carbocycles. The molecule has 0 bridgehead atoms. The minimum absolute atomic E-state index is 0.110. The Bertz CT molecular complexity index is 641. The van der Waals surface area contributed by atoms with Crippen LogP contribution in [0.5, 0.6) is 0 Å². The van der Waals surface area contributed by atoms with Crippen LogP contribution in [0.1, 0.15) is 43.5 Å². The first-order valence-corrected chi connectivity index (χ1v) is 7.18. The fourth-order valence-electron chi connectivity index (χ4n) is 3.32. The van der Waals surface area contributed by atoms with Crippen LogP contribution in [0, 0.1) is 11.3 Å². The Labute approximate surface area is 118 Å². The number of benzene rings is 1. The predicted molar refractivity (Wildman–Crippen MR) is 78.8 cm³/mol. The van der Waals surface area contributed by atoms with Gasteiger partial charge in [0.05, 0.1) is 10.5 Å². The number of ketones is 1. The SMILES string of the molecule is CC1(C)CCCC1C(=O)c1c[nH]c2c(Cl)cccc12. The number of aromatic nitrogens is 1. The van der Waals surface area contributed by atoms with E-state index in [1.54, 1.807) is 0 Å². The standard InChI is InChI=1S/C16H18ClNO/c1-16(2)8-4-6-12(16)15(19)11-9-18-14-10(11)5-3-7-13(14)17/h3,5,7,9,12,18H,4,6,8H2,1-2H3. The fraction of sp³-hybridized carbons (Fsp3) is 0.438. The first-order chi connectivity index (χ1) is 9.00. The zero-order valence-corrected chi connectivity index (χ0v) is 12.1. The summed E-state index contributed by atoms with van der Waals surface area (Å²) in [7, 11) is 0. The number of rotatable bonds is 2. The molecule has 1 aliphatic rings. The third-order valence-electron chi connectivity index (χ3n) is 4.50. The molecule has 1 unspecified atom stereocenters. The number of halogens is 1. The van der Waals surface area contributed by atoms with E-state index in [0.717, 1.165) is 35.7 Å². The third kappa shape index (κ3) is 1.99. The van der Waals surface area contributed by atoms with Gasteiger partial charge in [-0.25, -0.2) is 0 Å². The molecule has 1 atom stereocenters. The zero-order valence-electron chi connectivity index (χ0n) is 11.3. The molecule has 0 aliphatic heterocycles. The van der Waals surface area contributed by atoms with Gasteiger partial charge in [-0.3, -0.25) is 4.79 Å². The second-order valence-electron chi connectivity index (χ2n) is 6.16. The lowest BCUT2D eigenvalue weighted by Crippen LogP contribution is -2.25. The van der Waals surface area contributed by atoms with Crippen molar-refractivity contribution in [2.75, 3.05) is 0 Å². The Hall–Kier alpha value is -1.28. The number of H-pyrrole nitrogens is 1. The number of fused-ring (bicyclic) bond motifs is 1. The number of Topliss-reactive ketones (excluding diaryl/α,β-unsaturated/α-hetero) is 1. The van der Waals surface area contributed by atoms with E-state index in [-0.39, 0.29) is 17.1 Å². The summed E-state index contributed by atoms with van der Waals surface area (Å²) in [6.45, 7) is 4.40. The molecular weight excluding hydrogens is 258 g/mol. The fourth-order valence-corrected chi connectivity index (χ4v) is 3.55. The van der Waals surface area contributed by atoms with Gasteiger partial charge in [0.15, 0.2) is 5.78 Å². The van der Waals surface area contributed by atoms with Crippen molar-refractivity contribution in [1.82, 2.24) is 4.98 Å². The van der Waals surface area contributed by atoms with Gasteiger partial charge in [-0.05, 0) is 24.3 Å². The highest BCUT2D eigenvalue weighted by Crippen LogP contribution is 2.44. The van der Waals surface area contributed by atoms with Crippen molar-refractivity contribution in [3.05, 3.63) is 35.0 Å². The van der Waals surface area contributed by atoms with E-state index in [1.165, 1.54) is 0 Å². The largest absolute Gasteiger partial charge is 0.359 e. The van der Waals surface area contributed by atoms with E-state index in [0.29, 0.717) is 5.02 Å². The summed E-state index contributed by atoms with van der Waals surface area (Å²) in [6, 6.07) is 5.70. The lowest BCUT2D eigenvalue weighted by Gasteiger charge is -2.25. The number of aromatic amines is 1. The number of nitrogens with one attached hydrogen (secondary N) is 1. The predicted octanol–water partition coefficient (Wildman–Crippen LogP) is 4.83. The van der Waals surface area contributed by atoms with Crippen LogP contribution < -0.4 is 0 Å². The molecule has 2 nitrogen and oxygen atoms in total. The van der Waals surface area contributed by atoms with Crippen molar-refractivity contribution in [3.8, 4) is 0 Å². The van der Waals surface area contributed by atoms with Crippen LogP contribution in [-0.4, -0.2) is 10.8 Å². The maximum atomic E-state index is 12.8. The Kier molecular flexibility index (Phi) is 2.94. The van der Waals surface area contributed by atoms with Gasteiger partial charge in [-0.15, -0.1) is 0 Å². The third-order valence-corrected chi connectivity index (χ3v) is 4.82. The van der Waals surface area contributed by atoms with Gasteiger partial charge in [-0.2, -0.15) is 0 Å². The zero-order chi connectivity index (χ0) is 13.6. The van der Waals surface area contributed by atoms with Crippen molar-refractivity contribution < 1.29 is 4.79 Å². The second-order valence-corrected chi connectivity index (χ2v) is 6.57. The van der Waals surface area contributed by atoms with E-state index >= 15 is 0 Å². The van der Waals surface area contributed by atoms with Crippen LogP contribution in [0.25, 0.3) is 10.9 Å². The highest BCUT2D eigenvalue weighted by Gasteiger charge is 2.40. The van der Waals surface area contributed by atoms with Gasteiger partial charge in [0, 0.05) is 23.1 Å². The van der Waals surface area contributed by atoms with Gasteiger partial charge in [0.1, 0.15) is 0 Å². The average Bonchev–Trinajstić information content (AvgIpc) is 2.92. The molecule has 3 rings (SSSR count). The molecule has 0 saturated heterocycles. The van der Waals surface area contributed by atoms with Gasteiger partial charge < -0.3 is 4.98 Å². The van der Waals surface area contributed by atoms with Crippen LogP contribution >= 0.6 is 11.6 Å². The number of carbonyl (C=O) groups is 1. The topological polar surface area (TPSA) is 32.9 Å². The quantitative estimate of drug-likeness (QED) is 0.782. The van der Waals surface area contributed by atoms with Crippen molar-refractivity contribution >= 4 is 28.3 Å². The molecule has 0 radical (unpaired) electrons. The molecule has 1 fully saturated rings. The number of hydrogen-bond acceptors (Lipinski definition) is 1. The van der Waals surface area contributed by atoms with Crippen LogP contribution in [-0.2, 0) is 0 Å². The molecule has 1 aromatic heterocycles. The molecule has 19 heavy (non-hydrogen) atoms. The molecule has 0 spiro atoms. The van der Waals surface area contributed by atoms with E-state index < -0.39 is 0 Å². The summed E-state index contributed by atoms with van der Waals surface area (Å²) in [5, 5.41) is 1.61. The van der Waals surface area contributed by atoms with E-state index in [2.05, 4.69) is 18.8 Å². The summed E-state index contributed by atoms with van der Waals surface area (Å²) in [5.41, 5.74) is 1.76. The van der Waals surface area contributed by atoms with Crippen molar-refractivity contribution in [3.63, 3.8) is 0 Å². The molecule has 1 aromatic carbocycles. The summed E-state index contributed by atoms with van der Waals surface area (Å²) in [6.07, 6.45) is 5.09. The Morgan fingerprint density at radius 3 is 2.89 bits per heavy atom. The van der Waals surface area contributed by atoms with Gasteiger partial charge >= 0.3 is 0 Å². The van der Waals surface area contributed by atoms with Crippen molar-refractivity contribution in [2.24, 2.45) is 11.3 Å². The van der Waals surface area contributed by atoms with Gasteiger partial charge in [0.25, 0.3) is 0 Å². The molecular formula is C16H18ClNO. The maximum absolute atomic E-state index is 12.8. The second kappa shape index (κ2) is 4.38. The molecule has 3 heteroatoms.